The van der Waals surface area contributed by atoms with Gasteiger partial charge in [-0.3, -0.25) is 0 Å². The van der Waals surface area contributed by atoms with Crippen LogP contribution in [0.5, 0.6) is 0 Å². The molecular formula is H4NbOSnTi. The Morgan fingerprint density at radius 1 is 1.00 bits per heavy atom. The maximum Gasteiger partial charge on any atom is 0 e. The Balaban J connectivity index is 0. The normalized spacial score (nSPS) is 0. The van der Waals surface area contributed by atoms with E-state index in [4.69, 9.17) is 0 Å². The van der Waals surface area contributed by atoms with E-state index in [1.165, 1.54) is 0 Å². The second kappa shape index (κ2) is 18.9. The molecule has 0 rings (SSSR count). The largest absolute Gasteiger partial charge is 0 e. The quantitative estimate of drug-likeness (QED) is 0.471. The fourth-order valence-electron chi connectivity index (χ4n) is 0. The first-order chi connectivity index (χ1) is 0. The molecular weight excluding hydrogens is 275 g/mol. The average molecular weight is 280 g/mol. The van der Waals surface area contributed by atoms with Crippen LogP contribution in [0.15, 0.2) is 0 Å². The van der Waals surface area contributed by atoms with Gasteiger partial charge in [-0.05, 0) is 0 Å². The molecule has 0 atom stereocenters. The molecule has 1 nitrogen and oxygen atoms in total. The molecule has 0 heterocycles. The molecule has 0 aliphatic heterocycles. The van der Waals surface area contributed by atoms with Gasteiger partial charge < -0.3 is 5.48 Å². The van der Waals surface area contributed by atoms with Gasteiger partial charge in [0.05, 0.1) is 0 Å². The van der Waals surface area contributed by atoms with Gasteiger partial charge in [-0.2, -0.15) is 0 Å². The summed E-state index contributed by atoms with van der Waals surface area (Å²) in [6, 6.07) is 0. The Kier molecular flexibility index (Phi) is 163. The topological polar surface area (TPSA) is 31.5 Å². The molecule has 23 valence electrons. The Labute approximate surface area is 72.6 Å². The minimum absolute atomic E-state index is 0. The van der Waals surface area contributed by atoms with Crippen molar-refractivity contribution in [2.45, 2.75) is 0 Å². The van der Waals surface area contributed by atoms with Crippen LogP contribution in [0.25, 0.3) is 0 Å². The molecule has 0 aromatic rings. The fraction of sp³-hybridized carbons (Fsp3) is 0. The number of rotatable bonds is 0. The second-order valence-corrected chi connectivity index (χ2v) is 0. The van der Waals surface area contributed by atoms with Crippen LogP contribution < -0.4 is 0 Å². The SMILES string of the molecule is O.[Nb].[SnH2].[Ti]. The third-order valence-corrected chi connectivity index (χ3v) is 0. The van der Waals surface area contributed by atoms with Crippen LogP contribution in [0.4, 0.5) is 0 Å². The van der Waals surface area contributed by atoms with Gasteiger partial charge in [-0.25, -0.2) is 0 Å². The Morgan fingerprint density at radius 2 is 1.00 bits per heavy atom. The molecule has 0 saturated heterocycles. The van der Waals surface area contributed by atoms with E-state index in [-0.39, 0.29) is 73.5 Å². The summed E-state index contributed by atoms with van der Waals surface area (Å²) in [5, 5.41) is 0. The smallest absolute Gasteiger partial charge is 0 e. The zero-order valence-electron chi connectivity index (χ0n) is 2.15. The number of hydrogen-bond acceptors (Lipinski definition) is 0. The second-order valence-electron chi connectivity index (χ2n) is 0. The van der Waals surface area contributed by atoms with E-state index < -0.39 is 0 Å². The molecule has 0 amide bonds. The summed E-state index contributed by atoms with van der Waals surface area (Å²) in [6.45, 7) is 0. The minimum Gasteiger partial charge on any atom is 0 e. The van der Waals surface area contributed by atoms with E-state index in [9.17, 15) is 0 Å². The summed E-state index contributed by atoms with van der Waals surface area (Å²) in [6.07, 6.45) is 0. The van der Waals surface area contributed by atoms with E-state index in [0.29, 0.717) is 0 Å². The summed E-state index contributed by atoms with van der Waals surface area (Å²) in [4.78, 5) is 0. The van der Waals surface area contributed by atoms with Crippen molar-refractivity contribution < 1.29 is 49.6 Å². The van der Waals surface area contributed by atoms with E-state index in [0.717, 1.165) is 0 Å². The van der Waals surface area contributed by atoms with E-state index in [1.54, 1.807) is 0 Å². The molecule has 0 saturated carbocycles. The molecule has 0 aliphatic carbocycles. The third kappa shape index (κ3) is 8.88. The summed E-state index contributed by atoms with van der Waals surface area (Å²) >= 11 is 0. The van der Waals surface area contributed by atoms with Crippen molar-refractivity contribution in [1.82, 2.24) is 0 Å². The van der Waals surface area contributed by atoms with E-state index in [1.807, 2.05) is 0 Å². The summed E-state index contributed by atoms with van der Waals surface area (Å²) in [5.74, 6) is 0. The van der Waals surface area contributed by atoms with Crippen molar-refractivity contribution in [3.8, 4) is 0 Å². The van der Waals surface area contributed by atoms with Crippen molar-refractivity contribution in [3.63, 3.8) is 0 Å². The van der Waals surface area contributed by atoms with Crippen molar-refractivity contribution in [3.05, 3.63) is 0 Å². The van der Waals surface area contributed by atoms with Crippen molar-refractivity contribution in [1.29, 1.82) is 0 Å². The van der Waals surface area contributed by atoms with Crippen molar-refractivity contribution >= 4 is 23.9 Å². The summed E-state index contributed by atoms with van der Waals surface area (Å²) in [5.41, 5.74) is 0. The van der Waals surface area contributed by atoms with E-state index in [2.05, 4.69) is 0 Å². The van der Waals surface area contributed by atoms with Gasteiger partial charge in [0.1, 0.15) is 0 Å². The molecule has 0 fully saturated rings. The van der Waals surface area contributed by atoms with Gasteiger partial charge >= 0.3 is 23.9 Å². The summed E-state index contributed by atoms with van der Waals surface area (Å²) in [7, 11) is 0. The molecule has 0 aromatic carbocycles. The maximum absolute atomic E-state index is 0. The molecule has 4 heavy (non-hydrogen) atoms. The molecule has 3 radical (unpaired) electrons. The van der Waals surface area contributed by atoms with Gasteiger partial charge in [0, 0.05) is 44.1 Å². The van der Waals surface area contributed by atoms with Gasteiger partial charge in [-0.15, -0.1) is 0 Å². The van der Waals surface area contributed by atoms with Crippen LogP contribution in [0.1, 0.15) is 0 Å². The van der Waals surface area contributed by atoms with Crippen LogP contribution in [-0.2, 0) is 44.1 Å². The molecule has 2 N–H and O–H groups in total. The summed E-state index contributed by atoms with van der Waals surface area (Å²) < 4.78 is 0. The monoisotopic (exact) mass is 281 g/mol. The predicted molar refractivity (Wildman–Crippen MR) is 12.2 cm³/mol. The molecule has 4 heteroatoms. The van der Waals surface area contributed by atoms with Crippen molar-refractivity contribution in [2.75, 3.05) is 0 Å². The average Bonchev–Trinajstić information content (AvgIpc) is 0. The van der Waals surface area contributed by atoms with Crippen molar-refractivity contribution in [2.24, 2.45) is 0 Å². The minimum atomic E-state index is 0. The van der Waals surface area contributed by atoms with Gasteiger partial charge in [0.2, 0.25) is 0 Å². The molecule has 0 aromatic heterocycles. The zero-order chi connectivity index (χ0) is 0. The zero-order valence-corrected chi connectivity index (χ0v) is 9.95. The van der Waals surface area contributed by atoms with Crippen LogP contribution >= 0.6 is 0 Å². The van der Waals surface area contributed by atoms with Crippen LogP contribution in [-0.4, -0.2) is 29.4 Å². The van der Waals surface area contributed by atoms with Gasteiger partial charge in [0.15, 0.2) is 0 Å². The predicted octanol–water partition coefficient (Wildman–Crippen LogP) is -1.75. The Bertz CT molecular complexity index is 8.00. The van der Waals surface area contributed by atoms with Crippen LogP contribution in [0.3, 0.4) is 0 Å². The van der Waals surface area contributed by atoms with Gasteiger partial charge in [-0.1, -0.05) is 0 Å². The molecule has 0 unspecified atom stereocenters. The first-order valence-electron chi connectivity index (χ1n) is 0. The molecule has 0 aliphatic rings. The Morgan fingerprint density at radius 3 is 1.00 bits per heavy atom. The molecule has 0 bridgehead atoms. The molecule has 0 spiro atoms. The van der Waals surface area contributed by atoms with E-state index >= 15 is 0 Å². The first kappa shape index (κ1) is 34.5. The number of hydrogen-bond donors (Lipinski definition) is 0. The standard InChI is InChI=1S/Nb.H2O.Sn.Ti.2H/h;1H2;;;;. The first-order valence-corrected chi connectivity index (χ1v) is 0. The van der Waals surface area contributed by atoms with Crippen LogP contribution in [0, 0.1) is 0 Å². The fourth-order valence-corrected chi connectivity index (χ4v) is 0. The van der Waals surface area contributed by atoms with Crippen LogP contribution in [0.2, 0.25) is 0 Å². The van der Waals surface area contributed by atoms with Gasteiger partial charge in [0.25, 0.3) is 0 Å². The third-order valence-electron chi connectivity index (χ3n) is 0. The Hall–Kier alpha value is 2.21. The maximum atomic E-state index is 0.